The van der Waals surface area contributed by atoms with Crippen molar-refractivity contribution in [1.82, 2.24) is 14.4 Å². The Hall–Kier alpha value is -2.39. The molecule has 9 heteroatoms. The standard InChI is InChI=1S/C24H29F4N3O2/c1-15-13-16(5-6-17(15)22(2,3)33)21(32)30-10-9-23(18(25)14-30)19-7-8-20(24(26,27)28)31(19)12-11-29(23)4/h5-8,13,18,33H,9-12,14H2,1-4H3/t18-,23+/m1/s1. The zero-order valence-corrected chi connectivity index (χ0v) is 19.2. The van der Waals surface area contributed by atoms with E-state index in [1.807, 2.05) is 0 Å². The lowest BCUT2D eigenvalue weighted by atomic mass is 9.79. The molecule has 1 N–H and O–H groups in total. The summed E-state index contributed by atoms with van der Waals surface area (Å²) >= 11 is 0. The molecule has 0 bridgehead atoms. The number of aryl methyl sites for hydroxylation is 1. The lowest BCUT2D eigenvalue weighted by Crippen LogP contribution is -2.63. The summed E-state index contributed by atoms with van der Waals surface area (Å²) in [6.45, 7) is 5.57. The molecule has 2 aliphatic rings. The highest BCUT2D eigenvalue weighted by molar-refractivity contribution is 5.94. The topological polar surface area (TPSA) is 48.7 Å². The van der Waals surface area contributed by atoms with Crippen LogP contribution < -0.4 is 0 Å². The first-order chi connectivity index (χ1) is 15.3. The van der Waals surface area contributed by atoms with Gasteiger partial charge in [-0.05, 0) is 69.6 Å². The van der Waals surface area contributed by atoms with Gasteiger partial charge >= 0.3 is 6.18 Å². The molecule has 0 aliphatic carbocycles. The number of carbonyl (C=O) groups is 1. The number of hydrogen-bond acceptors (Lipinski definition) is 3. The van der Waals surface area contributed by atoms with Crippen LogP contribution in [-0.2, 0) is 23.9 Å². The molecule has 1 spiro atoms. The summed E-state index contributed by atoms with van der Waals surface area (Å²) in [4.78, 5) is 16.3. The second-order valence-corrected chi connectivity index (χ2v) is 9.66. The zero-order valence-electron chi connectivity index (χ0n) is 19.2. The highest BCUT2D eigenvalue weighted by atomic mass is 19.4. The summed E-state index contributed by atoms with van der Waals surface area (Å²) in [6.07, 6.45) is -5.87. The van der Waals surface area contributed by atoms with E-state index in [1.54, 1.807) is 50.9 Å². The minimum atomic E-state index is -4.51. The van der Waals surface area contributed by atoms with Crippen molar-refractivity contribution in [1.29, 1.82) is 0 Å². The van der Waals surface area contributed by atoms with Crippen LogP contribution in [0.5, 0.6) is 0 Å². The van der Waals surface area contributed by atoms with Gasteiger partial charge in [0.25, 0.3) is 5.91 Å². The lowest BCUT2D eigenvalue weighted by Gasteiger charge is -2.52. The van der Waals surface area contributed by atoms with Gasteiger partial charge in [0.1, 0.15) is 11.9 Å². The number of nitrogens with zero attached hydrogens (tertiary/aromatic N) is 3. The Morgan fingerprint density at radius 2 is 1.82 bits per heavy atom. The number of likely N-dealkylation sites (tertiary alicyclic amines) is 1. The number of alkyl halides is 4. The molecule has 180 valence electrons. The lowest BCUT2D eigenvalue weighted by molar-refractivity contribution is -0.145. The van der Waals surface area contributed by atoms with Gasteiger partial charge in [0.15, 0.2) is 0 Å². The second-order valence-electron chi connectivity index (χ2n) is 9.66. The van der Waals surface area contributed by atoms with E-state index in [0.29, 0.717) is 16.8 Å². The van der Waals surface area contributed by atoms with Gasteiger partial charge in [-0.25, -0.2) is 4.39 Å². The van der Waals surface area contributed by atoms with Gasteiger partial charge in [-0.3, -0.25) is 9.69 Å². The molecule has 1 aromatic carbocycles. The molecule has 0 unspecified atom stereocenters. The van der Waals surface area contributed by atoms with Gasteiger partial charge in [0.2, 0.25) is 0 Å². The first-order valence-corrected chi connectivity index (χ1v) is 11.0. The molecule has 1 aromatic heterocycles. The molecule has 5 nitrogen and oxygen atoms in total. The number of benzene rings is 1. The third-order valence-electron chi connectivity index (χ3n) is 7.14. The maximum absolute atomic E-state index is 15.8. The summed E-state index contributed by atoms with van der Waals surface area (Å²) in [7, 11) is 1.73. The Bertz CT molecular complexity index is 1070. The molecular formula is C24H29F4N3O2. The van der Waals surface area contributed by atoms with Crippen molar-refractivity contribution in [3.63, 3.8) is 0 Å². The van der Waals surface area contributed by atoms with Crippen LogP contribution in [0.3, 0.4) is 0 Å². The molecular weight excluding hydrogens is 438 g/mol. The zero-order chi connectivity index (χ0) is 24.3. The van der Waals surface area contributed by atoms with Crippen molar-refractivity contribution in [3.8, 4) is 0 Å². The number of likely N-dealkylation sites (N-methyl/N-ethyl adjacent to an activating group) is 1. The van der Waals surface area contributed by atoms with E-state index in [2.05, 4.69) is 0 Å². The second kappa shape index (κ2) is 7.84. The van der Waals surface area contributed by atoms with Gasteiger partial charge in [-0.15, -0.1) is 0 Å². The number of fused-ring (bicyclic) bond motifs is 2. The van der Waals surface area contributed by atoms with E-state index in [4.69, 9.17) is 0 Å². The average molecular weight is 468 g/mol. The van der Waals surface area contributed by atoms with E-state index < -0.39 is 29.2 Å². The van der Waals surface area contributed by atoms with E-state index in [-0.39, 0.29) is 38.5 Å². The molecule has 1 amide bonds. The summed E-state index contributed by atoms with van der Waals surface area (Å²) in [6, 6.07) is 7.39. The maximum atomic E-state index is 15.8. The van der Waals surface area contributed by atoms with Crippen LogP contribution in [-0.4, -0.2) is 58.2 Å². The van der Waals surface area contributed by atoms with Crippen LogP contribution in [0.15, 0.2) is 30.3 Å². The van der Waals surface area contributed by atoms with Crippen LogP contribution in [0.4, 0.5) is 17.6 Å². The van der Waals surface area contributed by atoms with Crippen molar-refractivity contribution < 1.29 is 27.5 Å². The minimum absolute atomic E-state index is 0.137. The third kappa shape index (κ3) is 3.85. The average Bonchev–Trinajstić information content (AvgIpc) is 3.16. The van der Waals surface area contributed by atoms with Crippen LogP contribution in [0.25, 0.3) is 0 Å². The Balaban J connectivity index is 1.60. The van der Waals surface area contributed by atoms with Crippen molar-refractivity contribution >= 4 is 5.91 Å². The summed E-state index contributed by atoms with van der Waals surface area (Å²) in [5.74, 6) is -0.331. The largest absolute Gasteiger partial charge is 0.431 e. The SMILES string of the molecule is Cc1cc(C(=O)N2CC[C@@]3(c4ccc(C(F)(F)F)n4CCN3C)[C@H](F)C2)ccc1C(C)(C)O. The van der Waals surface area contributed by atoms with Crippen molar-refractivity contribution in [2.24, 2.45) is 0 Å². The number of carbonyl (C=O) groups excluding carboxylic acids is 1. The molecule has 1 fully saturated rings. The molecule has 33 heavy (non-hydrogen) atoms. The van der Waals surface area contributed by atoms with Crippen LogP contribution in [0, 0.1) is 6.92 Å². The van der Waals surface area contributed by atoms with Gasteiger partial charge in [0.05, 0.1) is 17.7 Å². The fraction of sp³-hybridized carbons (Fsp3) is 0.542. The van der Waals surface area contributed by atoms with Crippen molar-refractivity contribution in [2.75, 3.05) is 26.7 Å². The Labute approximate surface area is 190 Å². The molecule has 1 saturated heterocycles. The fourth-order valence-corrected chi connectivity index (χ4v) is 5.45. The first kappa shape index (κ1) is 23.8. The molecule has 0 radical (unpaired) electrons. The summed E-state index contributed by atoms with van der Waals surface area (Å²) in [5.41, 5.74) is -0.870. The Morgan fingerprint density at radius 3 is 2.39 bits per heavy atom. The van der Waals surface area contributed by atoms with Gasteiger partial charge in [-0.1, -0.05) is 6.07 Å². The maximum Gasteiger partial charge on any atom is 0.431 e. The number of hydrogen-bond donors (Lipinski definition) is 1. The Morgan fingerprint density at radius 1 is 1.12 bits per heavy atom. The highest BCUT2D eigenvalue weighted by Gasteiger charge is 2.53. The van der Waals surface area contributed by atoms with E-state index in [1.165, 1.54) is 15.5 Å². The summed E-state index contributed by atoms with van der Waals surface area (Å²) < 4.78 is 57.4. The molecule has 3 heterocycles. The quantitative estimate of drug-likeness (QED) is 0.678. The third-order valence-corrected chi connectivity index (χ3v) is 7.14. The molecule has 2 aliphatic heterocycles. The number of aliphatic hydroxyl groups is 1. The van der Waals surface area contributed by atoms with Crippen molar-refractivity contribution in [3.05, 3.63) is 58.4 Å². The number of piperidine rings is 1. The fourth-order valence-electron chi connectivity index (χ4n) is 5.45. The predicted molar refractivity (Wildman–Crippen MR) is 116 cm³/mol. The number of halogens is 4. The molecule has 2 atom stereocenters. The smallest absolute Gasteiger partial charge is 0.386 e. The molecule has 0 saturated carbocycles. The van der Waals surface area contributed by atoms with Gasteiger partial charge in [0, 0.05) is 30.9 Å². The molecule has 2 aromatic rings. The summed E-state index contributed by atoms with van der Waals surface area (Å²) in [5, 5.41) is 10.3. The van der Waals surface area contributed by atoms with E-state index in [9.17, 15) is 23.1 Å². The molecule has 4 rings (SSSR count). The van der Waals surface area contributed by atoms with Crippen molar-refractivity contribution in [2.45, 2.75) is 57.2 Å². The number of amides is 1. The van der Waals surface area contributed by atoms with E-state index in [0.717, 1.165) is 11.6 Å². The highest BCUT2D eigenvalue weighted by Crippen LogP contribution is 2.45. The van der Waals surface area contributed by atoms with Crippen LogP contribution in [0.2, 0.25) is 0 Å². The first-order valence-electron chi connectivity index (χ1n) is 11.0. The number of rotatable bonds is 2. The van der Waals surface area contributed by atoms with Gasteiger partial charge in [-0.2, -0.15) is 13.2 Å². The predicted octanol–water partition coefficient (Wildman–Crippen LogP) is 4.07. The van der Waals surface area contributed by atoms with Crippen LogP contribution in [0.1, 0.15) is 53.1 Å². The van der Waals surface area contributed by atoms with Gasteiger partial charge < -0.3 is 14.6 Å². The van der Waals surface area contributed by atoms with Crippen LogP contribution >= 0.6 is 0 Å². The Kier molecular flexibility index (Phi) is 5.64. The van der Waals surface area contributed by atoms with E-state index >= 15 is 4.39 Å². The number of aromatic nitrogens is 1. The monoisotopic (exact) mass is 467 g/mol. The minimum Gasteiger partial charge on any atom is -0.386 e. The normalized spacial score (nSPS) is 24.3.